The minimum atomic E-state index is -3.13. The molecular weight excluding hydrogens is 328 g/mol. The van der Waals surface area contributed by atoms with Crippen molar-refractivity contribution in [1.82, 2.24) is 20.1 Å². The van der Waals surface area contributed by atoms with Crippen LogP contribution in [0.2, 0.25) is 5.02 Å². The number of nitrogens with one attached hydrogen (secondary N) is 1. The lowest BCUT2D eigenvalue weighted by molar-refractivity contribution is 0.0946. The first kappa shape index (κ1) is 16.4. The molecule has 0 spiro atoms. The molecule has 118 valence electrons. The molecule has 9 heteroatoms. The highest BCUT2D eigenvalue weighted by molar-refractivity contribution is 7.90. The van der Waals surface area contributed by atoms with E-state index in [0.717, 1.165) is 6.26 Å². The van der Waals surface area contributed by atoms with E-state index in [-0.39, 0.29) is 18.1 Å². The summed E-state index contributed by atoms with van der Waals surface area (Å²) in [6.07, 6.45) is 1.10. The summed E-state index contributed by atoms with van der Waals surface area (Å²) in [5, 5.41) is 7.07. The summed E-state index contributed by atoms with van der Waals surface area (Å²) in [5.41, 5.74) is 0.615. The van der Waals surface area contributed by atoms with Crippen LogP contribution < -0.4 is 5.32 Å². The van der Waals surface area contributed by atoms with Crippen molar-refractivity contribution in [3.05, 3.63) is 40.9 Å². The van der Waals surface area contributed by atoms with E-state index in [0.29, 0.717) is 16.5 Å². The van der Waals surface area contributed by atoms with Crippen molar-refractivity contribution in [1.29, 1.82) is 0 Å². The van der Waals surface area contributed by atoms with Gasteiger partial charge in [0.25, 0.3) is 5.91 Å². The van der Waals surface area contributed by atoms with Gasteiger partial charge in [-0.1, -0.05) is 23.7 Å². The van der Waals surface area contributed by atoms with Gasteiger partial charge in [0.2, 0.25) is 5.82 Å². The van der Waals surface area contributed by atoms with Crippen LogP contribution in [0.25, 0.3) is 5.69 Å². The second kappa shape index (κ2) is 6.45. The van der Waals surface area contributed by atoms with E-state index >= 15 is 0 Å². The maximum absolute atomic E-state index is 11.9. The van der Waals surface area contributed by atoms with E-state index in [2.05, 4.69) is 15.4 Å². The quantitative estimate of drug-likeness (QED) is 0.875. The molecule has 2 rings (SSSR count). The second-order valence-electron chi connectivity index (χ2n) is 4.73. The molecule has 7 nitrogen and oxygen atoms in total. The maximum atomic E-state index is 11.9. The third-order valence-corrected chi connectivity index (χ3v) is 4.08. The molecule has 0 aliphatic carbocycles. The third-order valence-electron chi connectivity index (χ3n) is 2.81. The number of sulfone groups is 1. The summed E-state index contributed by atoms with van der Waals surface area (Å²) in [4.78, 5) is 16.0. The Morgan fingerprint density at radius 2 is 2.05 bits per heavy atom. The fourth-order valence-electron chi connectivity index (χ4n) is 1.77. The molecule has 0 bridgehead atoms. The van der Waals surface area contributed by atoms with E-state index in [1.807, 2.05) is 0 Å². The van der Waals surface area contributed by atoms with Crippen molar-refractivity contribution in [3.8, 4) is 5.69 Å². The molecule has 1 heterocycles. The number of rotatable bonds is 5. The van der Waals surface area contributed by atoms with Crippen molar-refractivity contribution in [2.45, 2.75) is 6.92 Å². The van der Waals surface area contributed by atoms with Gasteiger partial charge in [-0.25, -0.2) is 18.1 Å². The van der Waals surface area contributed by atoms with Crippen LogP contribution in [0.1, 0.15) is 16.4 Å². The Kier molecular flexibility index (Phi) is 4.82. The second-order valence-corrected chi connectivity index (χ2v) is 7.40. The van der Waals surface area contributed by atoms with Gasteiger partial charge in [-0.15, -0.1) is 5.10 Å². The maximum Gasteiger partial charge on any atom is 0.291 e. The molecule has 2 aromatic rings. The highest BCUT2D eigenvalue weighted by atomic mass is 35.5. The Morgan fingerprint density at radius 3 is 2.68 bits per heavy atom. The topological polar surface area (TPSA) is 93.9 Å². The zero-order valence-electron chi connectivity index (χ0n) is 12.1. The van der Waals surface area contributed by atoms with E-state index in [4.69, 9.17) is 11.6 Å². The number of halogens is 1. The van der Waals surface area contributed by atoms with Gasteiger partial charge in [0.15, 0.2) is 0 Å². The number of amides is 1. The molecule has 0 radical (unpaired) electrons. The summed E-state index contributed by atoms with van der Waals surface area (Å²) >= 11 is 6.10. The number of para-hydroxylation sites is 1. The van der Waals surface area contributed by atoms with Gasteiger partial charge < -0.3 is 5.32 Å². The Morgan fingerprint density at radius 1 is 1.36 bits per heavy atom. The lowest BCUT2D eigenvalue weighted by atomic mass is 10.3. The van der Waals surface area contributed by atoms with Gasteiger partial charge in [-0.2, -0.15) is 0 Å². The molecule has 1 aromatic carbocycles. The summed E-state index contributed by atoms with van der Waals surface area (Å²) in [7, 11) is -3.13. The smallest absolute Gasteiger partial charge is 0.291 e. The summed E-state index contributed by atoms with van der Waals surface area (Å²) < 4.78 is 23.5. The minimum Gasteiger partial charge on any atom is -0.348 e. The lowest BCUT2D eigenvalue weighted by Crippen LogP contribution is -2.29. The zero-order chi connectivity index (χ0) is 16.3. The van der Waals surface area contributed by atoms with Crippen LogP contribution in [-0.4, -0.2) is 47.6 Å². The Labute approximate surface area is 133 Å². The van der Waals surface area contributed by atoms with Crippen LogP contribution in [0.5, 0.6) is 0 Å². The highest BCUT2D eigenvalue weighted by Gasteiger charge is 2.16. The standard InChI is InChI=1S/C13H15ClN4O3S/c1-9-16-12(13(19)15-7-8-22(2,20)21)17-18(9)11-6-4-3-5-10(11)14/h3-6H,7-8H2,1-2H3,(H,15,19). The predicted molar refractivity (Wildman–Crippen MR) is 83.2 cm³/mol. The Bertz CT molecular complexity index is 801. The van der Waals surface area contributed by atoms with Crippen LogP contribution in [0.3, 0.4) is 0 Å². The van der Waals surface area contributed by atoms with Gasteiger partial charge in [-0.05, 0) is 19.1 Å². The number of nitrogens with zero attached hydrogens (tertiary/aromatic N) is 3. The molecule has 0 saturated carbocycles. The van der Waals surface area contributed by atoms with Gasteiger partial charge in [0.05, 0.1) is 16.5 Å². The number of carbonyl (C=O) groups is 1. The molecule has 1 N–H and O–H groups in total. The molecule has 0 unspecified atom stereocenters. The summed E-state index contributed by atoms with van der Waals surface area (Å²) in [6.45, 7) is 1.71. The monoisotopic (exact) mass is 342 g/mol. The normalized spacial score (nSPS) is 11.4. The van der Waals surface area contributed by atoms with Crippen molar-refractivity contribution in [3.63, 3.8) is 0 Å². The Balaban J connectivity index is 2.16. The van der Waals surface area contributed by atoms with Crippen LogP contribution in [0.15, 0.2) is 24.3 Å². The largest absolute Gasteiger partial charge is 0.348 e. The fraction of sp³-hybridized carbons (Fsp3) is 0.308. The van der Waals surface area contributed by atoms with Crippen molar-refractivity contribution in [2.75, 3.05) is 18.6 Å². The molecule has 22 heavy (non-hydrogen) atoms. The molecule has 1 aromatic heterocycles. The van der Waals surface area contributed by atoms with E-state index in [9.17, 15) is 13.2 Å². The lowest BCUT2D eigenvalue weighted by Gasteiger charge is -2.04. The molecule has 1 amide bonds. The molecule has 0 saturated heterocycles. The van der Waals surface area contributed by atoms with Crippen LogP contribution >= 0.6 is 11.6 Å². The third kappa shape index (κ3) is 4.05. The predicted octanol–water partition coefficient (Wildman–Crippen LogP) is 1.00. The van der Waals surface area contributed by atoms with Crippen molar-refractivity contribution >= 4 is 27.3 Å². The molecular formula is C13H15ClN4O3S. The summed E-state index contributed by atoms with van der Waals surface area (Å²) in [5.74, 6) is -0.201. The van der Waals surface area contributed by atoms with E-state index in [1.165, 1.54) is 4.68 Å². The van der Waals surface area contributed by atoms with E-state index in [1.54, 1.807) is 31.2 Å². The van der Waals surface area contributed by atoms with Gasteiger partial charge in [-0.3, -0.25) is 4.79 Å². The SMILES string of the molecule is Cc1nc(C(=O)NCCS(C)(=O)=O)nn1-c1ccccc1Cl. The first-order valence-electron chi connectivity index (χ1n) is 6.42. The first-order valence-corrected chi connectivity index (χ1v) is 8.86. The van der Waals surface area contributed by atoms with Crippen LogP contribution in [-0.2, 0) is 9.84 Å². The average molecular weight is 343 g/mol. The number of aryl methyl sites for hydroxylation is 1. The van der Waals surface area contributed by atoms with Crippen molar-refractivity contribution in [2.24, 2.45) is 0 Å². The number of aromatic nitrogens is 3. The van der Waals surface area contributed by atoms with Crippen LogP contribution in [0.4, 0.5) is 0 Å². The number of benzene rings is 1. The Hall–Kier alpha value is -1.93. The van der Waals surface area contributed by atoms with Gasteiger partial charge in [0.1, 0.15) is 15.7 Å². The molecule has 0 aliphatic rings. The summed E-state index contributed by atoms with van der Waals surface area (Å²) in [6, 6.07) is 7.06. The van der Waals surface area contributed by atoms with Crippen LogP contribution in [0, 0.1) is 6.92 Å². The van der Waals surface area contributed by atoms with Gasteiger partial charge >= 0.3 is 0 Å². The zero-order valence-corrected chi connectivity index (χ0v) is 13.6. The number of carbonyl (C=O) groups excluding carboxylic acids is 1. The van der Waals surface area contributed by atoms with E-state index < -0.39 is 15.7 Å². The molecule has 0 fully saturated rings. The fourth-order valence-corrected chi connectivity index (χ4v) is 2.46. The minimum absolute atomic E-state index is 0.0113. The first-order chi connectivity index (χ1) is 10.3. The molecule has 0 aliphatic heterocycles. The van der Waals surface area contributed by atoms with Gasteiger partial charge in [0, 0.05) is 12.8 Å². The molecule has 0 atom stereocenters. The average Bonchev–Trinajstić information content (AvgIpc) is 2.80. The number of hydrogen-bond donors (Lipinski definition) is 1. The highest BCUT2D eigenvalue weighted by Crippen LogP contribution is 2.20. The number of hydrogen-bond acceptors (Lipinski definition) is 5. The van der Waals surface area contributed by atoms with Crippen molar-refractivity contribution < 1.29 is 13.2 Å².